The highest BCUT2D eigenvalue weighted by molar-refractivity contribution is 7.99. The van der Waals surface area contributed by atoms with Gasteiger partial charge in [-0.3, -0.25) is 14.4 Å². The van der Waals surface area contributed by atoms with Crippen molar-refractivity contribution in [2.24, 2.45) is 11.8 Å². The van der Waals surface area contributed by atoms with Crippen LogP contribution in [0.3, 0.4) is 0 Å². The van der Waals surface area contributed by atoms with Crippen LogP contribution >= 0.6 is 11.8 Å². The third-order valence-corrected chi connectivity index (χ3v) is 9.22. The molecule has 0 aliphatic heterocycles. The van der Waals surface area contributed by atoms with E-state index in [0.717, 1.165) is 57.9 Å². The summed E-state index contributed by atoms with van der Waals surface area (Å²) in [7, 11) is 3.96. The molecule has 0 aromatic heterocycles. The van der Waals surface area contributed by atoms with Crippen molar-refractivity contribution in [1.82, 2.24) is 15.5 Å². The Hall–Kier alpha value is -1.28. The number of carbonyl (C=O) groups excluding carboxylic acids is 3. The van der Waals surface area contributed by atoms with Gasteiger partial charge in [-0.05, 0) is 51.4 Å². The van der Waals surface area contributed by atoms with E-state index in [1.807, 2.05) is 19.0 Å². The van der Waals surface area contributed by atoms with E-state index in [9.17, 15) is 14.4 Å². The predicted molar refractivity (Wildman–Crippen MR) is 185 cm³/mol. The number of esters is 1. The molecule has 0 radical (unpaired) electrons. The van der Waals surface area contributed by atoms with Gasteiger partial charge < -0.3 is 20.3 Å². The molecule has 0 rings (SSSR count). The van der Waals surface area contributed by atoms with Crippen LogP contribution in [0, 0.1) is 11.8 Å². The smallest absolute Gasteiger partial charge is 0.306 e. The molecule has 0 spiro atoms. The van der Waals surface area contributed by atoms with E-state index in [0.29, 0.717) is 43.4 Å². The average Bonchev–Trinajstić information content (AvgIpc) is 2.98. The largest absolute Gasteiger partial charge is 0.465 e. The van der Waals surface area contributed by atoms with Crippen LogP contribution in [0.4, 0.5) is 0 Å². The number of carbonyl (C=O) groups is 3. The van der Waals surface area contributed by atoms with Gasteiger partial charge in [0.2, 0.25) is 11.8 Å². The van der Waals surface area contributed by atoms with Crippen molar-refractivity contribution in [3.05, 3.63) is 0 Å². The first-order chi connectivity index (χ1) is 20.8. The Kier molecular flexibility index (Phi) is 28.6. The maximum atomic E-state index is 13.5. The van der Waals surface area contributed by atoms with Crippen LogP contribution < -0.4 is 10.6 Å². The Morgan fingerprint density at radius 2 is 1.33 bits per heavy atom. The molecule has 0 aliphatic rings. The molecule has 0 saturated heterocycles. The molecule has 0 aromatic rings. The summed E-state index contributed by atoms with van der Waals surface area (Å²) in [5.74, 6) is 1.54. The Bertz CT molecular complexity index is 692. The Morgan fingerprint density at radius 3 is 1.93 bits per heavy atom. The zero-order chi connectivity index (χ0) is 32.1. The lowest BCUT2D eigenvalue weighted by Gasteiger charge is -2.23. The third kappa shape index (κ3) is 24.7. The maximum Gasteiger partial charge on any atom is 0.306 e. The van der Waals surface area contributed by atoms with Gasteiger partial charge in [-0.2, -0.15) is 11.8 Å². The fourth-order valence-electron chi connectivity index (χ4n) is 5.12. The summed E-state index contributed by atoms with van der Waals surface area (Å²) in [4.78, 5) is 40.9. The molecule has 8 heteroatoms. The minimum absolute atomic E-state index is 0.0277. The SMILES string of the molecule is CCCCCCCCC(CCCCCC)C(=O)NC(CCSCCC(=O)OCC(CC)CCCC)C(=O)NCCN(C)C. The fourth-order valence-corrected chi connectivity index (χ4v) is 6.04. The number of ether oxygens (including phenoxy) is 1. The first-order valence-electron chi connectivity index (χ1n) is 17.7. The number of thioether (sulfide) groups is 1. The summed E-state index contributed by atoms with van der Waals surface area (Å²) in [6.07, 6.45) is 19.0. The quantitative estimate of drug-likeness (QED) is 0.0625. The van der Waals surface area contributed by atoms with Gasteiger partial charge >= 0.3 is 5.97 Å². The predicted octanol–water partition coefficient (Wildman–Crippen LogP) is 7.76. The van der Waals surface area contributed by atoms with Crippen molar-refractivity contribution in [2.45, 2.75) is 149 Å². The van der Waals surface area contributed by atoms with E-state index >= 15 is 0 Å². The van der Waals surface area contributed by atoms with Gasteiger partial charge in [0.25, 0.3) is 0 Å². The molecule has 0 fully saturated rings. The van der Waals surface area contributed by atoms with Crippen LogP contribution in [-0.2, 0) is 19.1 Å². The van der Waals surface area contributed by atoms with Gasteiger partial charge in [0, 0.05) is 24.8 Å². The van der Waals surface area contributed by atoms with Crippen LogP contribution in [0.1, 0.15) is 143 Å². The molecule has 254 valence electrons. The zero-order valence-corrected chi connectivity index (χ0v) is 29.8. The molecule has 7 nitrogen and oxygen atoms in total. The minimum atomic E-state index is -0.555. The first-order valence-corrected chi connectivity index (χ1v) is 18.9. The van der Waals surface area contributed by atoms with Crippen molar-refractivity contribution in [3.63, 3.8) is 0 Å². The molecular weight excluding hydrogens is 558 g/mol. The molecule has 3 atom stereocenters. The molecule has 0 heterocycles. The van der Waals surface area contributed by atoms with Crippen LogP contribution in [0.15, 0.2) is 0 Å². The maximum absolute atomic E-state index is 13.5. The standard InChI is InChI=1S/C35H69N3O4S/c1-7-11-14-16-17-19-22-31(21-18-15-12-8-2)34(40)37-32(35(41)36-25-26-38(5)6)23-27-43-28-24-33(39)42-29-30(10-4)20-13-9-3/h30-32H,7-29H2,1-6H3,(H,36,41)(H,37,40). The van der Waals surface area contributed by atoms with E-state index in [1.165, 1.54) is 51.4 Å². The normalized spacial score (nSPS) is 13.5. The Balaban J connectivity index is 4.94. The Labute approximate surface area is 270 Å². The highest BCUT2D eigenvalue weighted by atomic mass is 32.2. The molecule has 3 unspecified atom stereocenters. The minimum Gasteiger partial charge on any atom is -0.465 e. The third-order valence-electron chi connectivity index (χ3n) is 8.20. The van der Waals surface area contributed by atoms with Gasteiger partial charge in [0.15, 0.2) is 0 Å². The van der Waals surface area contributed by atoms with Crippen LogP contribution in [0.25, 0.3) is 0 Å². The number of likely N-dealkylation sites (N-methyl/N-ethyl adjacent to an activating group) is 1. The van der Waals surface area contributed by atoms with Crippen molar-refractivity contribution in [1.29, 1.82) is 0 Å². The van der Waals surface area contributed by atoms with Gasteiger partial charge in [0.05, 0.1) is 13.0 Å². The highest BCUT2D eigenvalue weighted by Crippen LogP contribution is 2.20. The van der Waals surface area contributed by atoms with Crippen molar-refractivity contribution < 1.29 is 19.1 Å². The van der Waals surface area contributed by atoms with Crippen molar-refractivity contribution >= 4 is 29.5 Å². The number of amides is 2. The van der Waals surface area contributed by atoms with Gasteiger partial charge in [-0.1, -0.05) is 111 Å². The highest BCUT2D eigenvalue weighted by Gasteiger charge is 2.25. The molecule has 2 amide bonds. The summed E-state index contributed by atoms with van der Waals surface area (Å²) >= 11 is 1.65. The molecule has 2 N–H and O–H groups in total. The molecule has 0 bridgehead atoms. The lowest BCUT2D eigenvalue weighted by atomic mass is 9.93. The second kappa shape index (κ2) is 29.4. The van der Waals surface area contributed by atoms with Crippen molar-refractivity contribution in [3.8, 4) is 0 Å². The van der Waals surface area contributed by atoms with Crippen LogP contribution in [-0.4, -0.2) is 74.0 Å². The van der Waals surface area contributed by atoms with Crippen LogP contribution in [0.5, 0.6) is 0 Å². The van der Waals surface area contributed by atoms with E-state index in [2.05, 4.69) is 38.3 Å². The van der Waals surface area contributed by atoms with Gasteiger partial charge in [0.1, 0.15) is 6.04 Å². The van der Waals surface area contributed by atoms with Crippen molar-refractivity contribution in [2.75, 3.05) is 45.3 Å². The summed E-state index contributed by atoms with van der Waals surface area (Å²) in [5.41, 5.74) is 0. The summed E-state index contributed by atoms with van der Waals surface area (Å²) in [6, 6.07) is -0.555. The lowest BCUT2D eigenvalue weighted by Crippen LogP contribution is -2.49. The molecule has 0 aliphatic carbocycles. The molecule has 0 aromatic carbocycles. The number of nitrogens with one attached hydrogen (secondary N) is 2. The summed E-state index contributed by atoms with van der Waals surface area (Å²) in [6.45, 7) is 10.6. The molecular formula is C35H69N3O4S. The second-order valence-corrected chi connectivity index (χ2v) is 13.7. The van der Waals surface area contributed by atoms with Gasteiger partial charge in [-0.25, -0.2) is 0 Å². The summed E-state index contributed by atoms with van der Waals surface area (Å²) in [5, 5.41) is 6.16. The lowest BCUT2D eigenvalue weighted by molar-refractivity contribution is -0.144. The van der Waals surface area contributed by atoms with E-state index in [1.54, 1.807) is 11.8 Å². The number of hydrogen-bond acceptors (Lipinski definition) is 6. The number of rotatable bonds is 30. The Morgan fingerprint density at radius 1 is 0.721 bits per heavy atom. The summed E-state index contributed by atoms with van der Waals surface area (Å²) < 4.78 is 5.53. The molecule has 0 saturated carbocycles. The number of nitrogens with zero attached hydrogens (tertiary/aromatic N) is 1. The number of hydrogen-bond donors (Lipinski definition) is 2. The van der Waals surface area contributed by atoms with Crippen LogP contribution in [0.2, 0.25) is 0 Å². The van der Waals surface area contributed by atoms with Gasteiger partial charge in [-0.15, -0.1) is 0 Å². The van der Waals surface area contributed by atoms with E-state index < -0.39 is 6.04 Å². The monoisotopic (exact) mass is 628 g/mol. The zero-order valence-electron chi connectivity index (χ0n) is 29.0. The van der Waals surface area contributed by atoms with E-state index in [4.69, 9.17) is 4.74 Å². The first kappa shape index (κ1) is 41.7. The topological polar surface area (TPSA) is 87.7 Å². The van der Waals surface area contributed by atoms with E-state index in [-0.39, 0.29) is 23.7 Å². The average molecular weight is 628 g/mol. The number of unbranched alkanes of at least 4 members (excludes halogenated alkanes) is 9. The molecule has 43 heavy (non-hydrogen) atoms. The fraction of sp³-hybridized carbons (Fsp3) is 0.914. The second-order valence-electron chi connectivity index (χ2n) is 12.5.